The van der Waals surface area contributed by atoms with Crippen molar-refractivity contribution in [2.45, 2.75) is 49.1 Å². The number of nitrogens with zero attached hydrogens (tertiary/aromatic N) is 1. The Morgan fingerprint density at radius 2 is 1.25 bits per heavy atom. The van der Waals surface area contributed by atoms with Gasteiger partial charge in [-0.3, -0.25) is 8.74 Å². The number of quaternary nitrogens is 1. The fourth-order valence-corrected chi connectivity index (χ4v) is 7.29. The lowest BCUT2D eigenvalue weighted by Gasteiger charge is -2.37. The number of hydrogen-bond donors (Lipinski definition) is 10. The molecule has 0 aliphatic carbocycles. The van der Waals surface area contributed by atoms with E-state index < -0.39 is 117 Å². The van der Waals surface area contributed by atoms with Gasteiger partial charge in [-0.2, -0.15) is 16.8 Å². The van der Waals surface area contributed by atoms with Gasteiger partial charge in [0.15, 0.2) is 0 Å². The maximum atomic E-state index is 12.0. The van der Waals surface area contributed by atoms with Gasteiger partial charge in [0.1, 0.15) is 11.5 Å². The molecular formula is C23H54N3O15S2Si+. The maximum absolute atomic E-state index is 12.0. The van der Waals surface area contributed by atoms with Crippen molar-refractivity contribution in [1.82, 2.24) is 10.6 Å². The molecule has 0 bridgehead atoms. The van der Waals surface area contributed by atoms with Crippen LogP contribution in [-0.2, 0) is 33.3 Å². The zero-order valence-electron chi connectivity index (χ0n) is 26.0. The highest BCUT2D eigenvalue weighted by Crippen LogP contribution is 2.20. The lowest BCUT2D eigenvalue weighted by molar-refractivity contribution is -0.870. The molecule has 0 rings (SSSR count). The monoisotopic (exact) mass is 704 g/mol. The number of nitrogens with one attached hydrogen (secondary N) is 2. The fourth-order valence-electron chi connectivity index (χ4n) is 3.60. The van der Waals surface area contributed by atoms with Crippen LogP contribution in [0.1, 0.15) is 19.8 Å². The lowest BCUT2D eigenvalue weighted by atomic mass is 10.0. The van der Waals surface area contributed by atoms with Crippen molar-refractivity contribution in [2.24, 2.45) is 0 Å². The lowest BCUT2D eigenvalue weighted by Crippen LogP contribution is -2.62. The minimum Gasteiger partial charge on any atom is -0.394 e. The number of hydrogen-bond acceptors (Lipinski definition) is 16. The van der Waals surface area contributed by atoms with Gasteiger partial charge in [0.05, 0.1) is 97.2 Å². The van der Waals surface area contributed by atoms with Crippen molar-refractivity contribution in [2.75, 3.05) is 98.5 Å². The van der Waals surface area contributed by atoms with Crippen LogP contribution in [0.15, 0.2) is 0 Å². The predicted molar refractivity (Wildman–Crippen MR) is 160 cm³/mol. The molecule has 44 heavy (non-hydrogen) atoms. The zero-order chi connectivity index (χ0) is 34.3. The molecule has 0 radical (unpaired) electrons. The summed E-state index contributed by atoms with van der Waals surface area (Å²) in [6, 6.07) is -0.0383. The van der Waals surface area contributed by atoms with Crippen LogP contribution in [0.4, 0.5) is 0 Å². The van der Waals surface area contributed by atoms with Crippen molar-refractivity contribution >= 4 is 29.0 Å². The van der Waals surface area contributed by atoms with Crippen LogP contribution < -0.4 is 10.6 Å². The van der Waals surface area contributed by atoms with Crippen molar-refractivity contribution in [3.8, 4) is 0 Å². The Morgan fingerprint density at radius 3 is 1.61 bits per heavy atom. The summed E-state index contributed by atoms with van der Waals surface area (Å²) in [5.41, 5.74) is -3.36. The largest absolute Gasteiger partial charge is 0.498 e. The second-order valence-corrected chi connectivity index (χ2v) is 17.6. The Bertz CT molecular complexity index is 1010. The molecule has 266 valence electrons. The summed E-state index contributed by atoms with van der Waals surface area (Å²) in [6.07, 6.45) is -2.27. The van der Waals surface area contributed by atoms with Crippen molar-refractivity contribution in [3.63, 3.8) is 0 Å². The molecule has 3 unspecified atom stereocenters. The number of β-amino-alcohol motifs (C(OH)–C–C–N with tert-alkyl or cyclic N) is 2. The molecule has 0 aromatic heterocycles. The van der Waals surface area contributed by atoms with Gasteiger partial charge in [0.2, 0.25) is 0 Å². The van der Waals surface area contributed by atoms with Gasteiger partial charge in [0, 0.05) is 25.6 Å². The van der Waals surface area contributed by atoms with Gasteiger partial charge in [-0.05, 0) is 6.42 Å². The third-order valence-electron chi connectivity index (χ3n) is 6.37. The molecule has 0 aliphatic rings. The topological polar surface area (TPSA) is 282 Å². The van der Waals surface area contributed by atoms with Crippen LogP contribution in [0.3, 0.4) is 0 Å². The van der Waals surface area contributed by atoms with E-state index in [0.29, 0.717) is 23.9 Å². The molecule has 0 amide bonds. The molecule has 0 saturated heterocycles. The summed E-state index contributed by atoms with van der Waals surface area (Å²) >= 11 is 0. The Balaban J connectivity index is 5.72. The fraction of sp³-hybridized carbons (Fsp3) is 1.00. The average molecular weight is 705 g/mol. The molecule has 0 aromatic rings. The normalized spacial score (nSPS) is 16.5. The molecule has 21 heteroatoms. The second kappa shape index (κ2) is 19.4. The molecule has 0 aliphatic heterocycles. The van der Waals surface area contributed by atoms with Crippen molar-refractivity contribution in [1.29, 1.82) is 0 Å². The van der Waals surface area contributed by atoms with Crippen LogP contribution in [0.2, 0.25) is 6.04 Å². The smallest absolute Gasteiger partial charge is 0.394 e. The van der Waals surface area contributed by atoms with Crippen LogP contribution >= 0.6 is 0 Å². The van der Waals surface area contributed by atoms with Gasteiger partial charge in [-0.15, -0.1) is 0 Å². The first-order valence-corrected chi connectivity index (χ1v) is 19.2. The first-order chi connectivity index (χ1) is 20.1. The minimum atomic E-state index is -4.51. The molecule has 10 N–H and O–H groups in total. The zero-order valence-corrected chi connectivity index (χ0v) is 28.6. The van der Waals surface area contributed by atoms with Gasteiger partial charge in [-0.1, -0.05) is 6.92 Å². The second-order valence-electron chi connectivity index (χ2n) is 12.0. The Morgan fingerprint density at radius 1 is 0.818 bits per heavy atom. The van der Waals surface area contributed by atoms with Gasteiger partial charge in [-0.25, -0.2) is 0 Å². The van der Waals surface area contributed by atoms with Gasteiger partial charge in [0.25, 0.3) is 20.2 Å². The number of aliphatic hydroxyl groups excluding tert-OH is 6. The summed E-state index contributed by atoms with van der Waals surface area (Å²) in [5, 5.41) is 65.5. The molecule has 0 spiro atoms. The molecular weight excluding hydrogens is 650 g/mol. The van der Waals surface area contributed by atoms with Crippen LogP contribution in [0.5, 0.6) is 0 Å². The van der Waals surface area contributed by atoms with E-state index in [0.717, 1.165) is 0 Å². The van der Waals surface area contributed by atoms with Crippen molar-refractivity contribution < 1.29 is 74.3 Å². The van der Waals surface area contributed by atoms with E-state index in [4.69, 9.17) is 17.6 Å². The van der Waals surface area contributed by atoms with E-state index in [-0.39, 0.29) is 12.7 Å². The molecule has 18 nitrogen and oxygen atoms in total. The van der Waals surface area contributed by atoms with E-state index in [1.165, 1.54) is 0 Å². The summed E-state index contributed by atoms with van der Waals surface area (Å²) in [6.45, 7) is -2.92. The SMILES string of the molecule is CCCOS(=O)(=O)CC(O)CNC(CO)(CO)CO[Si](O)(CCC[N+](C)(C)C)OCC(CO)(CO)NCC(O)CS(=O)(=O)O. The summed E-state index contributed by atoms with van der Waals surface area (Å²) in [4.78, 5) is 11.5. The quantitative estimate of drug-likeness (QED) is 0.0166. The van der Waals surface area contributed by atoms with E-state index in [1.54, 1.807) is 6.92 Å². The molecule has 3 atom stereocenters. The number of aliphatic hydroxyl groups is 6. The Kier molecular flexibility index (Phi) is 19.2. The third-order valence-corrected chi connectivity index (χ3v) is 10.7. The molecule has 0 aromatic carbocycles. The van der Waals surface area contributed by atoms with Crippen LogP contribution in [0.25, 0.3) is 0 Å². The van der Waals surface area contributed by atoms with Gasteiger partial charge >= 0.3 is 8.80 Å². The summed E-state index contributed by atoms with van der Waals surface area (Å²) in [7, 11) is -7.05. The predicted octanol–water partition coefficient (Wildman–Crippen LogP) is -4.96. The first kappa shape index (κ1) is 43.6. The standard InChI is InChI=1S/C23H53N3O15S2Si/c1-5-8-39-43(36,37)13-21(32)11-25-23(16-29,17-30)19-41-44(38,9-6-7-26(2,3)4)40-18-22(14-27,15-28)24-10-20(31)12-42(33,34)35/h20-21,24-25,27-32,38H,5-19H2,1-4H3/p+1. The molecule has 0 fully saturated rings. The van der Waals surface area contributed by atoms with Gasteiger partial charge < -0.3 is 59.4 Å². The third kappa shape index (κ3) is 18.6. The Hall–Kier alpha value is -0.443. The van der Waals surface area contributed by atoms with Crippen molar-refractivity contribution in [3.05, 3.63) is 0 Å². The molecule has 0 heterocycles. The van der Waals surface area contributed by atoms with E-state index in [2.05, 4.69) is 10.6 Å². The van der Waals surface area contributed by atoms with Crippen LogP contribution in [0, 0.1) is 0 Å². The maximum Gasteiger partial charge on any atom is 0.498 e. The van der Waals surface area contributed by atoms with E-state index >= 15 is 0 Å². The highest BCUT2D eigenvalue weighted by molar-refractivity contribution is 7.86. The highest BCUT2D eigenvalue weighted by Gasteiger charge is 2.44. The highest BCUT2D eigenvalue weighted by atomic mass is 32.2. The van der Waals surface area contributed by atoms with E-state index in [1.807, 2.05) is 21.1 Å². The average Bonchev–Trinajstić information content (AvgIpc) is 2.91. The van der Waals surface area contributed by atoms with E-state index in [9.17, 15) is 52.3 Å². The number of rotatable bonds is 27. The van der Waals surface area contributed by atoms with Crippen LogP contribution in [-0.4, -0.2) is 192 Å². The minimum absolute atomic E-state index is 0.0383. The summed E-state index contributed by atoms with van der Waals surface area (Å²) < 4.78 is 71.7. The Labute approximate surface area is 261 Å². The molecule has 0 saturated carbocycles. The first-order valence-electron chi connectivity index (χ1n) is 14.1. The summed E-state index contributed by atoms with van der Waals surface area (Å²) in [5.74, 6) is -1.76.